The predicted molar refractivity (Wildman–Crippen MR) is 54.4 cm³/mol. The maximum absolute atomic E-state index is 2.49. The lowest BCUT2D eigenvalue weighted by molar-refractivity contribution is 0.319. The molecule has 0 N–H and O–H groups in total. The van der Waals surface area contributed by atoms with Crippen LogP contribution in [0.1, 0.15) is 51.4 Å². The Balaban J connectivity index is 2.13. The summed E-state index contributed by atoms with van der Waals surface area (Å²) in [5.41, 5.74) is 0. The summed E-state index contributed by atoms with van der Waals surface area (Å²) >= 11 is 0. The quantitative estimate of drug-likeness (QED) is 0.538. The molecule has 12 heavy (non-hydrogen) atoms. The van der Waals surface area contributed by atoms with Crippen LogP contribution in [0, 0.1) is 0 Å². The molecule has 0 aromatic rings. The van der Waals surface area contributed by atoms with E-state index in [2.05, 4.69) is 11.9 Å². The van der Waals surface area contributed by atoms with Gasteiger partial charge in [-0.3, -0.25) is 0 Å². The molecule has 0 bridgehead atoms. The topological polar surface area (TPSA) is 3.24 Å². The molecule has 0 unspecified atom stereocenters. The van der Waals surface area contributed by atoms with E-state index in [1.807, 2.05) is 0 Å². The van der Waals surface area contributed by atoms with E-state index in [1.54, 1.807) is 0 Å². The smallest absolute Gasteiger partial charge is 0.00218 e. The fourth-order valence-corrected chi connectivity index (χ4v) is 1.94. The van der Waals surface area contributed by atoms with Crippen molar-refractivity contribution in [3.63, 3.8) is 0 Å². The Kier molecular flexibility index (Phi) is 5.42. The SMILES string of the molecule is CN1CCCCCCCCCC1. The maximum Gasteiger partial charge on any atom is -0.00218 e. The lowest BCUT2D eigenvalue weighted by atomic mass is 10.1. The molecular formula is C11H23N. The van der Waals surface area contributed by atoms with Gasteiger partial charge in [0.05, 0.1) is 0 Å². The van der Waals surface area contributed by atoms with E-state index in [-0.39, 0.29) is 0 Å². The largest absolute Gasteiger partial charge is 0.306 e. The van der Waals surface area contributed by atoms with Gasteiger partial charge in [-0.2, -0.15) is 0 Å². The molecule has 0 atom stereocenters. The van der Waals surface area contributed by atoms with Gasteiger partial charge in [-0.05, 0) is 33.0 Å². The molecule has 1 saturated heterocycles. The van der Waals surface area contributed by atoms with Crippen molar-refractivity contribution in [1.29, 1.82) is 0 Å². The Hall–Kier alpha value is -0.0400. The summed E-state index contributed by atoms with van der Waals surface area (Å²) in [7, 11) is 2.26. The first kappa shape index (κ1) is 10.0. The van der Waals surface area contributed by atoms with Crippen LogP contribution in [0.4, 0.5) is 0 Å². The molecule has 1 nitrogen and oxygen atoms in total. The normalized spacial score (nSPS) is 24.8. The average molecular weight is 169 g/mol. The highest BCUT2D eigenvalue weighted by Gasteiger charge is 2.00. The summed E-state index contributed by atoms with van der Waals surface area (Å²) in [6.45, 7) is 2.64. The van der Waals surface area contributed by atoms with Crippen molar-refractivity contribution in [3.8, 4) is 0 Å². The van der Waals surface area contributed by atoms with Gasteiger partial charge >= 0.3 is 0 Å². The molecule has 72 valence electrons. The predicted octanol–water partition coefficient (Wildman–Crippen LogP) is 3.05. The Labute approximate surface area is 77.1 Å². The fourth-order valence-electron chi connectivity index (χ4n) is 1.94. The van der Waals surface area contributed by atoms with Crippen LogP contribution in [0.3, 0.4) is 0 Å². The summed E-state index contributed by atoms with van der Waals surface area (Å²) in [6, 6.07) is 0. The van der Waals surface area contributed by atoms with Crippen molar-refractivity contribution in [2.75, 3.05) is 20.1 Å². The summed E-state index contributed by atoms with van der Waals surface area (Å²) in [4.78, 5) is 2.49. The molecular weight excluding hydrogens is 146 g/mol. The third-order valence-electron chi connectivity index (χ3n) is 2.83. The van der Waals surface area contributed by atoms with E-state index in [4.69, 9.17) is 0 Å². The molecule has 0 amide bonds. The van der Waals surface area contributed by atoms with Gasteiger partial charge in [0.15, 0.2) is 0 Å². The summed E-state index contributed by atoms with van der Waals surface area (Å²) in [5.74, 6) is 0. The van der Waals surface area contributed by atoms with E-state index in [9.17, 15) is 0 Å². The van der Waals surface area contributed by atoms with E-state index < -0.39 is 0 Å². The molecule has 0 aromatic heterocycles. The Morgan fingerprint density at radius 2 is 0.917 bits per heavy atom. The second-order valence-electron chi connectivity index (χ2n) is 4.13. The van der Waals surface area contributed by atoms with Crippen LogP contribution in [0.5, 0.6) is 0 Å². The lowest BCUT2D eigenvalue weighted by Gasteiger charge is -2.15. The molecule has 0 spiro atoms. The molecule has 1 fully saturated rings. The number of hydrogen-bond acceptors (Lipinski definition) is 1. The molecule has 1 rings (SSSR count). The number of rotatable bonds is 0. The zero-order valence-corrected chi connectivity index (χ0v) is 8.52. The molecule has 1 aliphatic rings. The second kappa shape index (κ2) is 6.47. The monoisotopic (exact) mass is 169 g/mol. The van der Waals surface area contributed by atoms with Crippen molar-refractivity contribution in [1.82, 2.24) is 4.90 Å². The van der Waals surface area contributed by atoms with Gasteiger partial charge in [-0.25, -0.2) is 0 Å². The first-order valence-electron chi connectivity index (χ1n) is 5.58. The Bertz CT molecular complexity index is 89.2. The van der Waals surface area contributed by atoms with Crippen LogP contribution < -0.4 is 0 Å². The van der Waals surface area contributed by atoms with Gasteiger partial charge < -0.3 is 4.90 Å². The van der Waals surface area contributed by atoms with E-state index in [0.717, 1.165) is 0 Å². The van der Waals surface area contributed by atoms with Crippen LogP contribution in [-0.4, -0.2) is 25.0 Å². The minimum absolute atomic E-state index is 1.32. The standard InChI is InChI=1S/C11H23N/c1-12-10-8-6-4-2-3-5-7-9-11-12/h2-11H2,1H3. The van der Waals surface area contributed by atoms with E-state index in [1.165, 1.54) is 64.5 Å². The van der Waals surface area contributed by atoms with Gasteiger partial charge in [-0.15, -0.1) is 0 Å². The first-order chi connectivity index (χ1) is 5.89. The molecule has 1 heterocycles. The molecule has 1 heteroatoms. The van der Waals surface area contributed by atoms with Crippen LogP contribution in [0.2, 0.25) is 0 Å². The Morgan fingerprint density at radius 3 is 1.33 bits per heavy atom. The van der Waals surface area contributed by atoms with Crippen molar-refractivity contribution >= 4 is 0 Å². The molecule has 0 aliphatic carbocycles. The zero-order chi connectivity index (χ0) is 8.65. The summed E-state index contributed by atoms with van der Waals surface area (Å²) in [6.07, 6.45) is 11.6. The van der Waals surface area contributed by atoms with Crippen LogP contribution in [0.15, 0.2) is 0 Å². The highest BCUT2D eigenvalue weighted by Crippen LogP contribution is 2.11. The average Bonchev–Trinajstić information content (AvgIpc) is 2.11. The zero-order valence-electron chi connectivity index (χ0n) is 8.52. The van der Waals surface area contributed by atoms with Crippen molar-refractivity contribution < 1.29 is 0 Å². The fraction of sp³-hybridized carbons (Fsp3) is 1.00. The summed E-state index contributed by atoms with van der Waals surface area (Å²) < 4.78 is 0. The highest BCUT2D eigenvalue weighted by atomic mass is 15.1. The minimum Gasteiger partial charge on any atom is -0.306 e. The Morgan fingerprint density at radius 1 is 0.583 bits per heavy atom. The third kappa shape index (κ3) is 4.76. The van der Waals surface area contributed by atoms with Crippen LogP contribution >= 0.6 is 0 Å². The number of nitrogens with zero attached hydrogens (tertiary/aromatic N) is 1. The lowest BCUT2D eigenvalue weighted by Crippen LogP contribution is -2.20. The molecule has 0 aromatic carbocycles. The molecule has 1 aliphatic heterocycles. The maximum atomic E-state index is 2.49. The highest BCUT2D eigenvalue weighted by molar-refractivity contribution is 4.56. The molecule has 0 radical (unpaired) electrons. The third-order valence-corrected chi connectivity index (χ3v) is 2.83. The van der Waals surface area contributed by atoms with E-state index >= 15 is 0 Å². The first-order valence-corrected chi connectivity index (χ1v) is 5.58. The van der Waals surface area contributed by atoms with Crippen molar-refractivity contribution in [3.05, 3.63) is 0 Å². The van der Waals surface area contributed by atoms with Crippen LogP contribution in [0.25, 0.3) is 0 Å². The minimum atomic E-state index is 1.32. The van der Waals surface area contributed by atoms with Crippen LogP contribution in [-0.2, 0) is 0 Å². The van der Waals surface area contributed by atoms with Gasteiger partial charge in [0.2, 0.25) is 0 Å². The second-order valence-corrected chi connectivity index (χ2v) is 4.13. The van der Waals surface area contributed by atoms with E-state index in [0.29, 0.717) is 0 Å². The molecule has 0 saturated carbocycles. The number of hydrogen-bond donors (Lipinski definition) is 0. The van der Waals surface area contributed by atoms with Crippen molar-refractivity contribution in [2.45, 2.75) is 51.4 Å². The van der Waals surface area contributed by atoms with Gasteiger partial charge in [0, 0.05) is 0 Å². The van der Waals surface area contributed by atoms with Gasteiger partial charge in [-0.1, -0.05) is 38.5 Å². The van der Waals surface area contributed by atoms with Crippen molar-refractivity contribution in [2.24, 2.45) is 0 Å². The summed E-state index contributed by atoms with van der Waals surface area (Å²) in [5, 5.41) is 0. The van der Waals surface area contributed by atoms with Gasteiger partial charge in [0.25, 0.3) is 0 Å². The van der Waals surface area contributed by atoms with Gasteiger partial charge in [0.1, 0.15) is 0 Å².